The Balaban J connectivity index is 3.55. The van der Waals surface area contributed by atoms with Gasteiger partial charge in [0, 0.05) is 13.8 Å². The lowest BCUT2D eigenvalue weighted by Crippen LogP contribution is -2.06. The van der Waals surface area contributed by atoms with Crippen molar-refractivity contribution in [1.82, 2.24) is 0 Å². The van der Waals surface area contributed by atoms with Crippen LogP contribution in [-0.2, 0) is 13.6 Å². The van der Waals surface area contributed by atoms with Crippen molar-refractivity contribution in [3.63, 3.8) is 0 Å². The lowest BCUT2D eigenvalue weighted by molar-refractivity contribution is 0.168. The van der Waals surface area contributed by atoms with Crippen LogP contribution in [0.4, 0.5) is 0 Å². The Bertz CT molecular complexity index is 182. The highest BCUT2D eigenvalue weighted by Crippen LogP contribution is 2.44. The number of hydrogen-bond acceptors (Lipinski definition) is 3. The van der Waals surface area contributed by atoms with Gasteiger partial charge in [0.15, 0.2) is 0 Å². The molecule has 0 aromatic heterocycles. The molecule has 0 rings (SSSR count). The van der Waals surface area contributed by atoms with Crippen molar-refractivity contribution in [3.8, 4) is 0 Å². The van der Waals surface area contributed by atoms with Gasteiger partial charge in [-0.1, -0.05) is 32.6 Å². The SMILES string of the molecule is CCCCCCC(C)OP(C)(=O)OC. The largest absolute Gasteiger partial charge is 0.327 e. The van der Waals surface area contributed by atoms with Gasteiger partial charge < -0.3 is 9.05 Å². The minimum absolute atomic E-state index is 0.0302. The molecule has 3 nitrogen and oxygen atoms in total. The summed E-state index contributed by atoms with van der Waals surface area (Å²) in [5, 5.41) is 0. The Hall–Kier alpha value is 0.150. The Morgan fingerprint density at radius 2 is 1.93 bits per heavy atom. The van der Waals surface area contributed by atoms with E-state index < -0.39 is 7.60 Å². The van der Waals surface area contributed by atoms with Crippen molar-refractivity contribution in [2.24, 2.45) is 0 Å². The van der Waals surface area contributed by atoms with E-state index in [1.807, 2.05) is 6.92 Å². The molecule has 0 amide bonds. The highest BCUT2D eigenvalue weighted by atomic mass is 31.2. The van der Waals surface area contributed by atoms with E-state index in [1.54, 1.807) is 0 Å². The quantitative estimate of drug-likeness (QED) is 0.462. The Labute approximate surface area is 87.7 Å². The van der Waals surface area contributed by atoms with E-state index in [9.17, 15) is 4.57 Å². The van der Waals surface area contributed by atoms with E-state index in [0.29, 0.717) is 0 Å². The predicted octanol–water partition coefficient (Wildman–Crippen LogP) is 3.83. The smallest absolute Gasteiger partial charge is 0.312 e. The van der Waals surface area contributed by atoms with Crippen LogP contribution in [0.15, 0.2) is 0 Å². The first-order valence-corrected chi connectivity index (χ1v) is 7.32. The fourth-order valence-electron chi connectivity index (χ4n) is 1.28. The van der Waals surface area contributed by atoms with E-state index in [4.69, 9.17) is 9.05 Å². The molecule has 14 heavy (non-hydrogen) atoms. The zero-order valence-electron chi connectivity index (χ0n) is 9.78. The van der Waals surface area contributed by atoms with Crippen LogP contribution in [0.2, 0.25) is 0 Å². The summed E-state index contributed by atoms with van der Waals surface area (Å²) < 4.78 is 21.5. The van der Waals surface area contributed by atoms with Gasteiger partial charge in [-0.15, -0.1) is 0 Å². The predicted molar refractivity (Wildman–Crippen MR) is 59.8 cm³/mol. The third kappa shape index (κ3) is 7.54. The first-order valence-electron chi connectivity index (χ1n) is 5.33. The molecule has 0 fully saturated rings. The maximum Gasteiger partial charge on any atom is 0.327 e. The van der Waals surface area contributed by atoms with Crippen molar-refractivity contribution in [3.05, 3.63) is 0 Å². The molecule has 2 unspecified atom stereocenters. The van der Waals surface area contributed by atoms with E-state index in [0.717, 1.165) is 12.8 Å². The van der Waals surface area contributed by atoms with Crippen LogP contribution in [0, 0.1) is 0 Å². The number of hydrogen-bond donors (Lipinski definition) is 0. The molecular weight excluding hydrogens is 199 g/mol. The van der Waals surface area contributed by atoms with Crippen molar-refractivity contribution in [2.45, 2.75) is 52.1 Å². The van der Waals surface area contributed by atoms with Gasteiger partial charge in [-0.25, -0.2) is 0 Å². The molecule has 86 valence electrons. The van der Waals surface area contributed by atoms with Gasteiger partial charge >= 0.3 is 7.60 Å². The molecule has 0 bridgehead atoms. The Morgan fingerprint density at radius 3 is 2.43 bits per heavy atom. The second-order valence-electron chi connectivity index (χ2n) is 3.72. The molecule has 0 saturated carbocycles. The monoisotopic (exact) mass is 222 g/mol. The zero-order valence-corrected chi connectivity index (χ0v) is 10.7. The van der Waals surface area contributed by atoms with Gasteiger partial charge in [0.2, 0.25) is 0 Å². The van der Waals surface area contributed by atoms with Crippen LogP contribution in [0.1, 0.15) is 46.0 Å². The maximum atomic E-state index is 11.4. The summed E-state index contributed by atoms with van der Waals surface area (Å²) in [6, 6.07) is 0. The first kappa shape index (κ1) is 14.2. The minimum atomic E-state index is -2.79. The van der Waals surface area contributed by atoms with Crippen LogP contribution in [-0.4, -0.2) is 19.9 Å². The molecule has 0 aliphatic carbocycles. The highest BCUT2D eigenvalue weighted by Gasteiger charge is 2.18. The van der Waals surface area contributed by atoms with Crippen LogP contribution in [0.3, 0.4) is 0 Å². The molecule has 0 saturated heterocycles. The average Bonchev–Trinajstić information content (AvgIpc) is 2.12. The third-order valence-electron chi connectivity index (χ3n) is 2.17. The van der Waals surface area contributed by atoms with Gasteiger partial charge in [0.25, 0.3) is 0 Å². The zero-order chi connectivity index (χ0) is 11.0. The Morgan fingerprint density at radius 1 is 1.29 bits per heavy atom. The molecular formula is C10H23O3P. The van der Waals surface area contributed by atoms with Gasteiger partial charge in [0.1, 0.15) is 0 Å². The minimum Gasteiger partial charge on any atom is -0.312 e. The Kier molecular flexibility index (Phi) is 7.52. The van der Waals surface area contributed by atoms with E-state index in [1.165, 1.54) is 33.0 Å². The summed E-state index contributed by atoms with van der Waals surface area (Å²) in [5.41, 5.74) is 0. The molecule has 0 aliphatic rings. The number of unbranched alkanes of at least 4 members (excludes halogenated alkanes) is 3. The molecule has 0 aromatic rings. The summed E-state index contributed by atoms with van der Waals surface area (Å²) in [5.74, 6) is 0. The van der Waals surface area contributed by atoms with Crippen LogP contribution < -0.4 is 0 Å². The fraction of sp³-hybridized carbons (Fsp3) is 1.00. The van der Waals surface area contributed by atoms with Crippen molar-refractivity contribution < 1.29 is 13.6 Å². The molecule has 0 spiro atoms. The standard InChI is InChI=1S/C10H23O3P/c1-5-6-7-8-9-10(2)13-14(4,11)12-3/h10H,5-9H2,1-4H3. The molecule has 0 N–H and O–H groups in total. The van der Waals surface area contributed by atoms with Crippen molar-refractivity contribution in [2.75, 3.05) is 13.8 Å². The van der Waals surface area contributed by atoms with Crippen LogP contribution in [0.5, 0.6) is 0 Å². The summed E-state index contributed by atoms with van der Waals surface area (Å²) in [7, 11) is -1.36. The normalized spacial score (nSPS) is 17.7. The summed E-state index contributed by atoms with van der Waals surface area (Å²) in [6.45, 7) is 5.64. The van der Waals surface area contributed by atoms with Gasteiger partial charge in [-0.2, -0.15) is 0 Å². The van der Waals surface area contributed by atoms with Crippen molar-refractivity contribution >= 4 is 7.60 Å². The lowest BCUT2D eigenvalue weighted by Gasteiger charge is -2.17. The summed E-state index contributed by atoms with van der Waals surface area (Å²) in [4.78, 5) is 0. The fourth-order valence-corrected chi connectivity index (χ4v) is 2.13. The second kappa shape index (κ2) is 7.44. The van der Waals surface area contributed by atoms with Gasteiger partial charge in [-0.05, 0) is 13.3 Å². The summed E-state index contributed by atoms with van der Waals surface area (Å²) >= 11 is 0. The molecule has 0 radical (unpaired) electrons. The second-order valence-corrected chi connectivity index (χ2v) is 5.84. The topological polar surface area (TPSA) is 35.5 Å². The van der Waals surface area contributed by atoms with E-state index in [2.05, 4.69) is 6.92 Å². The van der Waals surface area contributed by atoms with Crippen LogP contribution in [0.25, 0.3) is 0 Å². The molecule has 0 heterocycles. The number of rotatable bonds is 8. The van der Waals surface area contributed by atoms with Crippen molar-refractivity contribution in [1.29, 1.82) is 0 Å². The first-order chi connectivity index (χ1) is 6.52. The molecule has 0 aromatic carbocycles. The molecule has 0 aliphatic heterocycles. The van der Waals surface area contributed by atoms with Crippen LogP contribution >= 0.6 is 7.60 Å². The lowest BCUT2D eigenvalue weighted by atomic mass is 10.1. The van der Waals surface area contributed by atoms with Gasteiger partial charge in [-0.3, -0.25) is 4.57 Å². The van der Waals surface area contributed by atoms with E-state index in [-0.39, 0.29) is 6.10 Å². The van der Waals surface area contributed by atoms with Gasteiger partial charge in [0.05, 0.1) is 6.10 Å². The maximum absolute atomic E-state index is 11.4. The molecule has 4 heteroatoms. The molecule has 2 atom stereocenters. The van der Waals surface area contributed by atoms with E-state index >= 15 is 0 Å². The average molecular weight is 222 g/mol. The third-order valence-corrected chi connectivity index (χ3v) is 3.57. The highest BCUT2D eigenvalue weighted by molar-refractivity contribution is 7.52. The summed E-state index contributed by atoms with van der Waals surface area (Å²) in [6.07, 6.45) is 5.86.